The van der Waals surface area contributed by atoms with E-state index in [0.29, 0.717) is 28.6 Å². The number of halogens is 1. The standard InChI is InChI=1S/C27H32FN7O2/c1-15-5-9-18(10-6-15)31-23-21-19(11-12-29-22(21)33-34-23)16-7-8-17(20(28)13-16)14-30-24(36)25-32-26(35-37-25)27(2,3)4/h7-8,11-13,15,18H,5-6,9-10,14H2,1-4H3,(H,30,36)(H2,29,31,33,34). The summed E-state index contributed by atoms with van der Waals surface area (Å²) in [6.07, 6.45) is 6.27. The van der Waals surface area contributed by atoms with Crippen molar-refractivity contribution in [2.24, 2.45) is 5.92 Å². The van der Waals surface area contributed by atoms with Crippen LogP contribution in [0.3, 0.4) is 0 Å². The summed E-state index contributed by atoms with van der Waals surface area (Å²) in [6, 6.07) is 7.20. The Morgan fingerprint density at radius 1 is 1.19 bits per heavy atom. The zero-order valence-corrected chi connectivity index (χ0v) is 21.6. The Bertz CT molecular complexity index is 1410. The van der Waals surface area contributed by atoms with Crippen LogP contribution in [0.15, 0.2) is 35.0 Å². The molecule has 0 saturated heterocycles. The van der Waals surface area contributed by atoms with E-state index in [2.05, 4.69) is 42.9 Å². The number of aromatic nitrogens is 5. The minimum absolute atomic E-state index is 0.0114. The van der Waals surface area contributed by atoms with E-state index in [9.17, 15) is 4.79 Å². The molecule has 0 unspecified atom stereocenters. The number of fused-ring (bicyclic) bond motifs is 1. The van der Waals surface area contributed by atoms with Gasteiger partial charge in [0.25, 0.3) is 0 Å². The fraction of sp³-hybridized carbons (Fsp3) is 0.444. The first-order valence-corrected chi connectivity index (χ1v) is 12.7. The largest absolute Gasteiger partial charge is 0.365 e. The van der Waals surface area contributed by atoms with Crippen molar-refractivity contribution in [1.82, 2.24) is 30.6 Å². The number of amides is 1. The van der Waals surface area contributed by atoms with Gasteiger partial charge in [0, 0.05) is 29.8 Å². The van der Waals surface area contributed by atoms with Gasteiger partial charge in [0.15, 0.2) is 17.3 Å². The number of nitrogens with one attached hydrogen (secondary N) is 3. The molecule has 5 rings (SSSR count). The van der Waals surface area contributed by atoms with E-state index in [4.69, 9.17) is 4.52 Å². The highest BCUT2D eigenvalue weighted by atomic mass is 19.1. The van der Waals surface area contributed by atoms with Gasteiger partial charge in [0.05, 0.1) is 5.39 Å². The van der Waals surface area contributed by atoms with Gasteiger partial charge >= 0.3 is 11.8 Å². The van der Waals surface area contributed by atoms with Crippen LogP contribution in [0, 0.1) is 11.7 Å². The van der Waals surface area contributed by atoms with E-state index in [0.717, 1.165) is 35.5 Å². The fourth-order valence-electron chi connectivity index (χ4n) is 4.62. The van der Waals surface area contributed by atoms with Crippen molar-refractivity contribution in [1.29, 1.82) is 0 Å². The molecule has 1 aliphatic rings. The Morgan fingerprint density at radius 2 is 1.97 bits per heavy atom. The number of H-pyrrole nitrogens is 1. The van der Waals surface area contributed by atoms with Gasteiger partial charge in [0.1, 0.15) is 5.82 Å². The van der Waals surface area contributed by atoms with Crippen LogP contribution in [-0.2, 0) is 12.0 Å². The summed E-state index contributed by atoms with van der Waals surface area (Å²) in [5.41, 5.74) is 2.19. The number of carbonyl (C=O) groups excluding carboxylic acids is 1. The molecule has 37 heavy (non-hydrogen) atoms. The van der Waals surface area contributed by atoms with Crippen molar-refractivity contribution in [3.8, 4) is 11.1 Å². The third kappa shape index (κ3) is 5.33. The monoisotopic (exact) mass is 505 g/mol. The maximum atomic E-state index is 15.1. The number of rotatable bonds is 6. The lowest BCUT2D eigenvalue weighted by molar-refractivity contribution is 0.0906. The minimum Gasteiger partial charge on any atom is -0.365 e. The lowest BCUT2D eigenvalue weighted by Crippen LogP contribution is -2.25. The van der Waals surface area contributed by atoms with E-state index in [1.807, 2.05) is 32.9 Å². The fourth-order valence-corrected chi connectivity index (χ4v) is 4.62. The predicted octanol–water partition coefficient (Wildman–Crippen LogP) is 5.37. The van der Waals surface area contributed by atoms with Crippen molar-refractivity contribution in [2.45, 2.75) is 71.4 Å². The summed E-state index contributed by atoms with van der Waals surface area (Å²) >= 11 is 0. The van der Waals surface area contributed by atoms with Crippen LogP contribution in [0.2, 0.25) is 0 Å². The third-order valence-electron chi connectivity index (χ3n) is 6.91. The van der Waals surface area contributed by atoms with E-state index < -0.39 is 11.7 Å². The van der Waals surface area contributed by atoms with E-state index in [1.165, 1.54) is 18.9 Å². The Hall–Kier alpha value is -3.82. The van der Waals surface area contributed by atoms with Gasteiger partial charge < -0.3 is 15.2 Å². The van der Waals surface area contributed by atoms with Crippen molar-refractivity contribution in [2.75, 3.05) is 5.32 Å². The maximum absolute atomic E-state index is 15.1. The van der Waals surface area contributed by atoms with Gasteiger partial charge in [-0.15, -0.1) is 0 Å². The lowest BCUT2D eigenvalue weighted by Gasteiger charge is -2.27. The number of hydrogen-bond acceptors (Lipinski definition) is 7. The van der Waals surface area contributed by atoms with Crippen LogP contribution >= 0.6 is 0 Å². The highest BCUT2D eigenvalue weighted by Gasteiger charge is 2.24. The van der Waals surface area contributed by atoms with Crippen molar-refractivity contribution in [3.63, 3.8) is 0 Å². The number of nitrogens with zero attached hydrogens (tertiary/aromatic N) is 4. The van der Waals surface area contributed by atoms with Gasteiger partial charge in [-0.1, -0.05) is 45.0 Å². The Labute approximate surface area is 214 Å². The molecule has 9 nitrogen and oxygen atoms in total. The summed E-state index contributed by atoms with van der Waals surface area (Å²) in [5.74, 6) is 0.807. The SMILES string of the molecule is CC1CCC(Nc2n[nH]c3nccc(-c4ccc(CNC(=O)c5nc(C(C)(C)C)no5)c(F)c4)c23)CC1. The van der Waals surface area contributed by atoms with Crippen LogP contribution in [0.5, 0.6) is 0 Å². The van der Waals surface area contributed by atoms with Gasteiger partial charge in [-0.05, 0) is 54.9 Å². The van der Waals surface area contributed by atoms with Crippen LogP contribution in [0.25, 0.3) is 22.2 Å². The molecule has 4 aromatic rings. The topological polar surface area (TPSA) is 122 Å². The second-order valence-corrected chi connectivity index (χ2v) is 10.9. The molecule has 3 aromatic heterocycles. The van der Waals surface area contributed by atoms with Gasteiger partial charge in [0.2, 0.25) is 0 Å². The van der Waals surface area contributed by atoms with Crippen LogP contribution in [0.4, 0.5) is 10.2 Å². The lowest BCUT2D eigenvalue weighted by atomic mass is 9.87. The van der Waals surface area contributed by atoms with E-state index in [-0.39, 0.29) is 17.9 Å². The summed E-state index contributed by atoms with van der Waals surface area (Å²) in [6.45, 7) is 8.05. The molecule has 3 N–H and O–H groups in total. The minimum atomic E-state index is -0.548. The normalized spacial score (nSPS) is 18.2. The summed E-state index contributed by atoms with van der Waals surface area (Å²) in [4.78, 5) is 21.0. The van der Waals surface area contributed by atoms with Crippen molar-refractivity contribution in [3.05, 3.63) is 53.6 Å². The molecule has 1 aliphatic carbocycles. The molecule has 3 heterocycles. The van der Waals surface area contributed by atoms with Crippen molar-refractivity contribution < 1.29 is 13.7 Å². The molecule has 194 valence electrons. The molecule has 1 amide bonds. The van der Waals surface area contributed by atoms with Crippen LogP contribution in [-0.4, -0.2) is 37.3 Å². The zero-order valence-electron chi connectivity index (χ0n) is 21.6. The van der Waals surface area contributed by atoms with Crippen LogP contribution < -0.4 is 10.6 Å². The van der Waals surface area contributed by atoms with Crippen molar-refractivity contribution >= 4 is 22.8 Å². The summed E-state index contributed by atoms with van der Waals surface area (Å²) in [7, 11) is 0. The molecule has 1 saturated carbocycles. The average molecular weight is 506 g/mol. The number of benzene rings is 1. The maximum Gasteiger partial charge on any atom is 0.315 e. The van der Waals surface area contributed by atoms with E-state index in [1.54, 1.807) is 12.3 Å². The second kappa shape index (κ2) is 9.91. The number of carbonyl (C=O) groups is 1. The number of pyridine rings is 1. The molecular weight excluding hydrogens is 473 g/mol. The molecule has 0 spiro atoms. The molecule has 10 heteroatoms. The number of hydrogen-bond donors (Lipinski definition) is 3. The van der Waals surface area contributed by atoms with E-state index >= 15 is 4.39 Å². The third-order valence-corrected chi connectivity index (χ3v) is 6.91. The smallest absolute Gasteiger partial charge is 0.315 e. The first kappa shape index (κ1) is 24.9. The Kier molecular flexibility index (Phi) is 6.66. The van der Waals surface area contributed by atoms with Gasteiger partial charge in [-0.3, -0.25) is 9.89 Å². The summed E-state index contributed by atoms with van der Waals surface area (Å²) in [5, 5.41) is 18.4. The van der Waals surface area contributed by atoms with Gasteiger partial charge in [-0.25, -0.2) is 9.37 Å². The molecule has 0 radical (unpaired) electrons. The molecule has 0 bridgehead atoms. The molecule has 0 aliphatic heterocycles. The summed E-state index contributed by atoms with van der Waals surface area (Å²) < 4.78 is 20.2. The first-order chi connectivity index (χ1) is 17.7. The molecule has 0 atom stereocenters. The zero-order chi connectivity index (χ0) is 26.2. The molecule has 1 aromatic carbocycles. The Morgan fingerprint density at radius 3 is 2.68 bits per heavy atom. The predicted molar refractivity (Wildman–Crippen MR) is 138 cm³/mol. The number of anilines is 1. The average Bonchev–Trinajstić information content (AvgIpc) is 3.53. The molecule has 1 fully saturated rings. The van der Waals surface area contributed by atoms with Gasteiger partial charge in [-0.2, -0.15) is 10.1 Å². The van der Waals surface area contributed by atoms with Crippen LogP contribution in [0.1, 0.15) is 75.5 Å². The second-order valence-electron chi connectivity index (χ2n) is 10.9. The number of aromatic amines is 1. The highest BCUT2D eigenvalue weighted by Crippen LogP contribution is 2.34. The Balaban J connectivity index is 1.33. The quantitative estimate of drug-likeness (QED) is 0.322. The first-order valence-electron chi connectivity index (χ1n) is 12.7. The highest BCUT2D eigenvalue weighted by molar-refractivity contribution is 6.00. The molecular formula is C27H32FN7O2.